The number of nitriles is 1. The molecule has 0 aliphatic heterocycles. The number of aryl methyl sites for hydroxylation is 3. The average Bonchev–Trinajstić information content (AvgIpc) is 2.92. The van der Waals surface area contributed by atoms with E-state index in [-0.39, 0.29) is 0 Å². The van der Waals surface area contributed by atoms with Gasteiger partial charge in [-0.05, 0) is 49.2 Å². The highest BCUT2D eigenvalue weighted by Crippen LogP contribution is 2.36. The van der Waals surface area contributed by atoms with Gasteiger partial charge in [-0.1, -0.05) is 6.07 Å². The third kappa shape index (κ3) is 2.00. The minimum absolute atomic E-state index is 0.698. The Labute approximate surface area is 140 Å². The average molecular weight is 313 g/mol. The third-order valence-electron chi connectivity index (χ3n) is 4.63. The summed E-state index contributed by atoms with van der Waals surface area (Å²) < 4.78 is 8.15. The van der Waals surface area contributed by atoms with Gasteiger partial charge in [-0.3, -0.25) is 0 Å². The van der Waals surface area contributed by atoms with E-state index in [9.17, 15) is 5.26 Å². The number of benzene rings is 2. The summed E-state index contributed by atoms with van der Waals surface area (Å²) in [5, 5.41) is 11.5. The van der Waals surface area contributed by atoms with E-state index in [1.807, 2.05) is 44.4 Å². The highest BCUT2D eigenvalue weighted by Gasteiger charge is 2.18. The molecule has 0 atom stereocenters. The fraction of sp³-hybridized carbons (Fsp3) is 0.143. The topological polar surface area (TPSA) is 40.8 Å². The monoisotopic (exact) mass is 313 g/mol. The fourth-order valence-corrected chi connectivity index (χ4v) is 3.35. The van der Waals surface area contributed by atoms with E-state index in [4.69, 9.17) is 4.42 Å². The maximum Gasteiger partial charge on any atom is 0.212 e. The molecular weight excluding hydrogens is 296 g/mol. The molecule has 2 heterocycles. The van der Waals surface area contributed by atoms with Gasteiger partial charge in [0.25, 0.3) is 0 Å². The van der Waals surface area contributed by atoms with Crippen molar-refractivity contribution in [3.63, 3.8) is 0 Å². The summed E-state index contributed by atoms with van der Waals surface area (Å²) in [6, 6.07) is 16.6. The zero-order valence-electron chi connectivity index (χ0n) is 13.9. The maximum absolute atomic E-state index is 9.54. The first kappa shape index (κ1) is 14.5. The molecule has 0 saturated heterocycles. The fourth-order valence-electron chi connectivity index (χ4n) is 3.35. The largest absolute Gasteiger partial charge is 0.456 e. The van der Waals surface area contributed by atoms with Crippen LogP contribution >= 0.6 is 0 Å². The summed E-state index contributed by atoms with van der Waals surface area (Å²) in [5.41, 5.74) is 6.69. The van der Waals surface area contributed by atoms with Crippen LogP contribution in [0.4, 0.5) is 0 Å². The van der Waals surface area contributed by atoms with Crippen LogP contribution in [0.25, 0.3) is 33.2 Å². The van der Waals surface area contributed by atoms with Gasteiger partial charge in [-0.25, -0.2) is 4.57 Å². The Hall–Kier alpha value is -3.12. The van der Waals surface area contributed by atoms with E-state index in [0.29, 0.717) is 5.56 Å². The van der Waals surface area contributed by atoms with Crippen molar-refractivity contribution < 1.29 is 8.98 Å². The van der Waals surface area contributed by atoms with E-state index in [2.05, 4.69) is 35.8 Å². The number of fused-ring (bicyclic) bond motifs is 3. The molecule has 0 saturated carbocycles. The standard InChI is InChI=1S/C21H17N2O/c1-13-7-8-19-21(17(13)12-22)16-10-14(2)15(11-20(16)24-19)18-6-4-5-9-23(18)3/h4-11H,1-3H3/q+1. The van der Waals surface area contributed by atoms with Gasteiger partial charge in [0, 0.05) is 22.9 Å². The molecule has 0 aliphatic rings. The molecule has 4 rings (SSSR count). The molecule has 3 heteroatoms. The molecular formula is C21H17N2O+. The summed E-state index contributed by atoms with van der Waals surface area (Å²) in [6.45, 7) is 4.06. The zero-order chi connectivity index (χ0) is 16.8. The highest BCUT2D eigenvalue weighted by atomic mass is 16.3. The van der Waals surface area contributed by atoms with Crippen LogP contribution in [-0.4, -0.2) is 0 Å². The van der Waals surface area contributed by atoms with E-state index in [1.165, 1.54) is 0 Å². The summed E-state index contributed by atoms with van der Waals surface area (Å²) in [6.07, 6.45) is 2.04. The van der Waals surface area contributed by atoms with Gasteiger partial charge in [0.05, 0.1) is 11.1 Å². The van der Waals surface area contributed by atoms with Gasteiger partial charge in [-0.15, -0.1) is 0 Å². The first-order chi connectivity index (χ1) is 11.6. The van der Waals surface area contributed by atoms with Crippen LogP contribution in [0, 0.1) is 25.2 Å². The first-order valence-electron chi connectivity index (χ1n) is 7.91. The number of hydrogen-bond donors (Lipinski definition) is 0. The molecule has 4 aromatic rings. The Kier molecular flexibility index (Phi) is 3.14. The Balaban J connectivity index is 2.10. The summed E-state index contributed by atoms with van der Waals surface area (Å²) in [5.74, 6) is 0. The molecule has 0 fully saturated rings. The lowest BCUT2D eigenvalue weighted by atomic mass is 9.98. The summed E-state index contributed by atoms with van der Waals surface area (Å²) in [4.78, 5) is 0. The van der Waals surface area contributed by atoms with Gasteiger partial charge < -0.3 is 4.42 Å². The van der Waals surface area contributed by atoms with E-state index in [1.54, 1.807) is 0 Å². The van der Waals surface area contributed by atoms with Crippen LogP contribution in [0.3, 0.4) is 0 Å². The summed E-state index contributed by atoms with van der Waals surface area (Å²) >= 11 is 0. The molecule has 0 radical (unpaired) electrons. The van der Waals surface area contributed by atoms with Crippen molar-refractivity contribution in [3.05, 3.63) is 65.4 Å². The number of pyridine rings is 1. The van der Waals surface area contributed by atoms with Crippen LogP contribution < -0.4 is 4.57 Å². The molecule has 0 bridgehead atoms. The SMILES string of the molecule is Cc1cc2c(cc1-c1cccc[n+]1C)oc1ccc(C)c(C#N)c12. The number of nitrogens with zero attached hydrogens (tertiary/aromatic N) is 2. The lowest BCUT2D eigenvalue weighted by Crippen LogP contribution is -2.30. The van der Waals surface area contributed by atoms with Crippen molar-refractivity contribution >= 4 is 21.9 Å². The Morgan fingerprint density at radius 3 is 2.58 bits per heavy atom. The molecule has 2 aromatic heterocycles. The lowest BCUT2D eigenvalue weighted by Gasteiger charge is -2.04. The minimum Gasteiger partial charge on any atom is -0.456 e. The van der Waals surface area contributed by atoms with Crippen LogP contribution in [-0.2, 0) is 7.05 Å². The first-order valence-corrected chi connectivity index (χ1v) is 7.91. The van der Waals surface area contributed by atoms with Crippen molar-refractivity contribution in [1.29, 1.82) is 5.26 Å². The van der Waals surface area contributed by atoms with Crippen LogP contribution in [0.15, 0.2) is 53.1 Å². The Bertz CT molecular complexity index is 1150. The lowest BCUT2D eigenvalue weighted by molar-refractivity contribution is -0.660. The molecule has 116 valence electrons. The van der Waals surface area contributed by atoms with Gasteiger partial charge in [-0.2, -0.15) is 5.26 Å². The predicted octanol–water partition coefficient (Wildman–Crippen LogP) is 4.57. The minimum atomic E-state index is 0.698. The smallest absolute Gasteiger partial charge is 0.212 e. The van der Waals surface area contributed by atoms with Gasteiger partial charge in [0.1, 0.15) is 24.3 Å². The molecule has 2 aromatic carbocycles. The zero-order valence-corrected chi connectivity index (χ0v) is 13.9. The van der Waals surface area contributed by atoms with Crippen molar-refractivity contribution in [2.24, 2.45) is 7.05 Å². The Morgan fingerprint density at radius 1 is 1.00 bits per heavy atom. The normalized spacial score (nSPS) is 11.1. The highest BCUT2D eigenvalue weighted by molar-refractivity contribution is 6.09. The number of hydrogen-bond acceptors (Lipinski definition) is 2. The van der Waals surface area contributed by atoms with Crippen molar-refractivity contribution in [1.82, 2.24) is 0 Å². The van der Waals surface area contributed by atoms with Crippen LogP contribution in [0.1, 0.15) is 16.7 Å². The van der Waals surface area contributed by atoms with E-state index in [0.717, 1.165) is 44.3 Å². The van der Waals surface area contributed by atoms with Crippen LogP contribution in [0.5, 0.6) is 0 Å². The number of aromatic nitrogens is 1. The molecule has 0 spiro atoms. The van der Waals surface area contributed by atoms with E-state index >= 15 is 0 Å². The molecule has 0 aliphatic carbocycles. The molecule has 24 heavy (non-hydrogen) atoms. The maximum atomic E-state index is 9.54. The third-order valence-corrected chi connectivity index (χ3v) is 4.63. The number of furan rings is 1. The van der Waals surface area contributed by atoms with Crippen LogP contribution in [0.2, 0.25) is 0 Å². The number of rotatable bonds is 1. The summed E-state index contributed by atoms with van der Waals surface area (Å²) in [7, 11) is 2.04. The molecule has 3 nitrogen and oxygen atoms in total. The second kappa shape index (κ2) is 5.21. The molecule has 0 amide bonds. The van der Waals surface area contributed by atoms with Crippen molar-refractivity contribution in [3.8, 4) is 17.3 Å². The molecule has 0 N–H and O–H groups in total. The van der Waals surface area contributed by atoms with Gasteiger partial charge in [0.15, 0.2) is 6.20 Å². The van der Waals surface area contributed by atoms with Gasteiger partial charge >= 0.3 is 0 Å². The van der Waals surface area contributed by atoms with Gasteiger partial charge in [0.2, 0.25) is 5.69 Å². The molecule has 0 unspecified atom stereocenters. The Morgan fingerprint density at radius 2 is 1.83 bits per heavy atom. The van der Waals surface area contributed by atoms with E-state index < -0.39 is 0 Å². The van der Waals surface area contributed by atoms with Crippen molar-refractivity contribution in [2.45, 2.75) is 13.8 Å². The quantitative estimate of drug-likeness (QED) is 0.483. The van der Waals surface area contributed by atoms with Crippen molar-refractivity contribution in [2.75, 3.05) is 0 Å². The second-order valence-corrected chi connectivity index (χ2v) is 6.20. The second-order valence-electron chi connectivity index (χ2n) is 6.20. The predicted molar refractivity (Wildman–Crippen MR) is 94.5 cm³/mol.